The molecule has 0 spiro atoms. The van der Waals surface area contributed by atoms with E-state index in [2.05, 4.69) is 56.3 Å². The Bertz CT molecular complexity index is 699. The molecule has 0 fully saturated rings. The van der Waals surface area contributed by atoms with Crippen LogP contribution < -0.4 is 10.7 Å². The second kappa shape index (κ2) is 6.88. The van der Waals surface area contributed by atoms with Gasteiger partial charge in [-0.15, -0.1) is 0 Å². The number of aromatic nitrogens is 2. The van der Waals surface area contributed by atoms with Gasteiger partial charge in [-0.1, -0.05) is 13.0 Å². The molecule has 1 aromatic carbocycles. The Hall–Kier alpha value is -1.94. The molecule has 4 heteroatoms. The third-order valence-corrected chi connectivity index (χ3v) is 3.86. The van der Waals surface area contributed by atoms with Gasteiger partial charge in [-0.3, -0.25) is 4.79 Å². The molecule has 0 amide bonds. The van der Waals surface area contributed by atoms with Crippen LogP contribution in [0.3, 0.4) is 0 Å². The van der Waals surface area contributed by atoms with Gasteiger partial charge in [-0.05, 0) is 57.4 Å². The lowest BCUT2D eigenvalue weighted by atomic mass is 10.1. The second-order valence-electron chi connectivity index (χ2n) is 6.04. The molecule has 118 valence electrons. The maximum absolute atomic E-state index is 12.1. The smallest absolute Gasteiger partial charge is 0.204 e. The molecular formula is C18H25N3O. The number of rotatable bonds is 5. The van der Waals surface area contributed by atoms with E-state index in [9.17, 15) is 4.79 Å². The molecule has 4 nitrogen and oxygen atoms in total. The van der Waals surface area contributed by atoms with Gasteiger partial charge in [0.2, 0.25) is 5.43 Å². The van der Waals surface area contributed by atoms with E-state index in [0.29, 0.717) is 18.3 Å². The fraction of sp³-hybridized carbons (Fsp3) is 0.444. The van der Waals surface area contributed by atoms with Crippen LogP contribution in [-0.4, -0.2) is 15.8 Å². The van der Waals surface area contributed by atoms with Crippen LogP contribution in [0.4, 0.5) is 0 Å². The van der Waals surface area contributed by atoms with Crippen molar-refractivity contribution in [2.45, 2.75) is 53.6 Å². The number of benzene rings is 1. The Balaban J connectivity index is 2.41. The first-order valence-electron chi connectivity index (χ1n) is 7.82. The zero-order valence-electron chi connectivity index (χ0n) is 14.1. The molecule has 0 aliphatic carbocycles. The lowest BCUT2D eigenvalue weighted by Crippen LogP contribution is -2.29. The summed E-state index contributed by atoms with van der Waals surface area (Å²) in [7, 11) is 0. The summed E-state index contributed by atoms with van der Waals surface area (Å²) in [6.45, 7) is 10.8. The molecule has 2 aromatic rings. The highest BCUT2D eigenvalue weighted by molar-refractivity contribution is 5.39. The highest BCUT2D eigenvalue weighted by atomic mass is 16.1. The van der Waals surface area contributed by atoms with E-state index in [0.717, 1.165) is 17.8 Å². The minimum Gasteiger partial charge on any atom is -0.308 e. The van der Waals surface area contributed by atoms with Crippen molar-refractivity contribution in [3.8, 4) is 5.69 Å². The zero-order chi connectivity index (χ0) is 16.3. The summed E-state index contributed by atoms with van der Waals surface area (Å²) >= 11 is 0. The average molecular weight is 299 g/mol. The summed E-state index contributed by atoms with van der Waals surface area (Å²) in [4.78, 5) is 12.1. The lowest BCUT2D eigenvalue weighted by Gasteiger charge is -2.14. The van der Waals surface area contributed by atoms with Crippen molar-refractivity contribution in [2.75, 3.05) is 0 Å². The van der Waals surface area contributed by atoms with E-state index in [-0.39, 0.29) is 5.43 Å². The van der Waals surface area contributed by atoms with Gasteiger partial charge >= 0.3 is 0 Å². The Labute approximate surface area is 132 Å². The van der Waals surface area contributed by atoms with Crippen molar-refractivity contribution in [1.29, 1.82) is 0 Å². The van der Waals surface area contributed by atoms with Gasteiger partial charge in [0.15, 0.2) is 0 Å². The Kier molecular flexibility index (Phi) is 5.14. The summed E-state index contributed by atoms with van der Waals surface area (Å²) in [6.07, 6.45) is 1.02. The van der Waals surface area contributed by atoms with Crippen LogP contribution in [0, 0.1) is 20.8 Å². The number of aryl methyl sites for hydroxylation is 3. The fourth-order valence-corrected chi connectivity index (χ4v) is 2.46. The van der Waals surface area contributed by atoms with E-state index >= 15 is 0 Å². The predicted molar refractivity (Wildman–Crippen MR) is 90.6 cm³/mol. The summed E-state index contributed by atoms with van der Waals surface area (Å²) in [5.74, 6) is 0. The SMILES string of the molecule is CCC(C)NCc1nn(-c2cc(C)cc(C)c2)c(C)cc1=O. The lowest BCUT2D eigenvalue weighted by molar-refractivity contribution is 0.521. The van der Waals surface area contributed by atoms with Crippen LogP contribution in [0.25, 0.3) is 5.69 Å². The molecule has 1 atom stereocenters. The molecule has 1 unspecified atom stereocenters. The second-order valence-corrected chi connectivity index (χ2v) is 6.04. The molecule has 0 saturated carbocycles. The summed E-state index contributed by atoms with van der Waals surface area (Å²) in [5.41, 5.74) is 4.78. The van der Waals surface area contributed by atoms with E-state index in [1.54, 1.807) is 6.07 Å². The normalized spacial score (nSPS) is 12.4. The largest absolute Gasteiger partial charge is 0.308 e. The first kappa shape index (κ1) is 16.4. The molecule has 0 aliphatic heterocycles. The number of nitrogens with zero attached hydrogens (tertiary/aromatic N) is 2. The van der Waals surface area contributed by atoms with Crippen LogP contribution in [0.2, 0.25) is 0 Å². The van der Waals surface area contributed by atoms with Crippen LogP contribution >= 0.6 is 0 Å². The van der Waals surface area contributed by atoms with Crippen molar-refractivity contribution in [3.05, 3.63) is 57.0 Å². The third-order valence-electron chi connectivity index (χ3n) is 3.86. The molecule has 0 saturated heterocycles. The van der Waals surface area contributed by atoms with Gasteiger partial charge in [-0.2, -0.15) is 5.10 Å². The van der Waals surface area contributed by atoms with E-state index in [1.807, 2.05) is 11.6 Å². The van der Waals surface area contributed by atoms with Crippen molar-refractivity contribution in [1.82, 2.24) is 15.1 Å². The minimum absolute atomic E-state index is 0.00562. The van der Waals surface area contributed by atoms with E-state index in [1.165, 1.54) is 11.1 Å². The number of hydrogen-bond acceptors (Lipinski definition) is 3. The molecule has 0 aliphatic rings. The van der Waals surface area contributed by atoms with Crippen LogP contribution in [0.5, 0.6) is 0 Å². The molecule has 0 bridgehead atoms. The summed E-state index contributed by atoms with van der Waals surface area (Å²) < 4.78 is 1.86. The highest BCUT2D eigenvalue weighted by Crippen LogP contribution is 2.14. The monoisotopic (exact) mass is 299 g/mol. The molecule has 1 aromatic heterocycles. The predicted octanol–water partition coefficient (Wildman–Crippen LogP) is 3.05. The number of nitrogens with one attached hydrogen (secondary N) is 1. The first-order chi connectivity index (χ1) is 10.4. The van der Waals surface area contributed by atoms with Gasteiger partial charge in [0.1, 0.15) is 5.69 Å². The van der Waals surface area contributed by atoms with Crippen LogP contribution in [0.1, 0.15) is 42.8 Å². The summed E-state index contributed by atoms with van der Waals surface area (Å²) in [5, 5.41) is 7.91. The molecule has 1 N–H and O–H groups in total. The highest BCUT2D eigenvalue weighted by Gasteiger charge is 2.09. The van der Waals surface area contributed by atoms with Crippen molar-refractivity contribution in [2.24, 2.45) is 0 Å². The third kappa shape index (κ3) is 3.83. The Morgan fingerprint density at radius 3 is 2.36 bits per heavy atom. The maximum atomic E-state index is 12.1. The quantitative estimate of drug-likeness (QED) is 0.923. The van der Waals surface area contributed by atoms with E-state index < -0.39 is 0 Å². The van der Waals surface area contributed by atoms with Crippen molar-refractivity contribution >= 4 is 0 Å². The average Bonchev–Trinajstić information content (AvgIpc) is 2.44. The van der Waals surface area contributed by atoms with E-state index in [4.69, 9.17) is 0 Å². The Morgan fingerprint density at radius 1 is 1.14 bits per heavy atom. The summed E-state index contributed by atoms with van der Waals surface area (Å²) in [6, 6.07) is 8.34. The van der Waals surface area contributed by atoms with Crippen LogP contribution in [0.15, 0.2) is 29.1 Å². The zero-order valence-corrected chi connectivity index (χ0v) is 14.1. The van der Waals surface area contributed by atoms with Gasteiger partial charge in [0.05, 0.1) is 5.69 Å². The minimum atomic E-state index is -0.00562. The van der Waals surface area contributed by atoms with Gasteiger partial charge in [0, 0.05) is 24.3 Å². The molecule has 22 heavy (non-hydrogen) atoms. The van der Waals surface area contributed by atoms with Crippen molar-refractivity contribution in [3.63, 3.8) is 0 Å². The first-order valence-corrected chi connectivity index (χ1v) is 7.82. The molecule has 2 rings (SSSR count). The van der Waals surface area contributed by atoms with Gasteiger partial charge in [0.25, 0.3) is 0 Å². The van der Waals surface area contributed by atoms with Gasteiger partial charge < -0.3 is 5.32 Å². The molecule has 1 heterocycles. The topological polar surface area (TPSA) is 46.9 Å². The molecule has 0 radical (unpaired) electrons. The van der Waals surface area contributed by atoms with Gasteiger partial charge in [-0.25, -0.2) is 4.68 Å². The Morgan fingerprint density at radius 2 is 1.77 bits per heavy atom. The standard InChI is InChI=1S/C18H25N3O/c1-6-14(4)19-11-17-18(22)10-15(5)21(20-17)16-8-12(2)7-13(3)9-16/h7-10,14,19H,6,11H2,1-5H3. The number of hydrogen-bond donors (Lipinski definition) is 1. The fourth-order valence-electron chi connectivity index (χ4n) is 2.46. The van der Waals surface area contributed by atoms with Crippen molar-refractivity contribution < 1.29 is 0 Å². The maximum Gasteiger partial charge on any atom is 0.204 e. The van der Waals surface area contributed by atoms with Crippen LogP contribution in [-0.2, 0) is 6.54 Å². The molecular weight excluding hydrogens is 274 g/mol.